The Morgan fingerprint density at radius 1 is 1.11 bits per heavy atom. The summed E-state index contributed by atoms with van der Waals surface area (Å²) in [4.78, 5) is 25.2. The molecule has 36 heavy (non-hydrogen) atoms. The Bertz CT molecular complexity index is 1290. The van der Waals surface area contributed by atoms with Crippen LogP contribution >= 0.6 is 11.6 Å². The lowest BCUT2D eigenvalue weighted by atomic mass is 10.1. The first-order chi connectivity index (χ1) is 17.0. The molecule has 5 rings (SSSR count). The number of hydrogen-bond acceptors (Lipinski definition) is 5. The van der Waals surface area contributed by atoms with Gasteiger partial charge in [0.2, 0.25) is 5.60 Å². The standard InChI is InChI=1S/C25H27ClF3N5O2/c1-15-12-32(23(35)36-24(2,3)25(27,28)29)10-11-33(15)21-20-19(16-4-5-16)13-34(22(20)31-14-30-21)18-8-6-17(26)7-9-18/h6-9,13-16H,4-5,10-12H2,1-3H3/t15-/m0/s1. The summed E-state index contributed by atoms with van der Waals surface area (Å²) in [5.41, 5.74) is 0.336. The summed E-state index contributed by atoms with van der Waals surface area (Å²) in [6.07, 6.45) is 0.209. The second-order valence-electron chi connectivity index (χ2n) is 9.97. The Hall–Kier alpha value is -3.01. The van der Waals surface area contributed by atoms with E-state index in [2.05, 4.69) is 21.1 Å². The molecule has 2 fully saturated rings. The second kappa shape index (κ2) is 8.83. The highest BCUT2D eigenvalue weighted by Crippen LogP contribution is 2.46. The van der Waals surface area contributed by atoms with E-state index in [1.54, 1.807) is 0 Å². The normalized spacial score (nSPS) is 19.1. The summed E-state index contributed by atoms with van der Waals surface area (Å²) >= 11 is 6.08. The average Bonchev–Trinajstić information content (AvgIpc) is 3.58. The number of piperazine rings is 1. The molecular formula is C25H27ClF3N5O2. The van der Waals surface area contributed by atoms with Gasteiger partial charge in [-0.2, -0.15) is 13.2 Å². The van der Waals surface area contributed by atoms with Crippen LogP contribution in [-0.4, -0.2) is 63.0 Å². The highest BCUT2D eigenvalue weighted by Gasteiger charge is 2.51. The van der Waals surface area contributed by atoms with Gasteiger partial charge in [-0.15, -0.1) is 0 Å². The Morgan fingerprint density at radius 2 is 1.81 bits per heavy atom. The predicted octanol–water partition coefficient (Wildman–Crippen LogP) is 5.94. The predicted molar refractivity (Wildman–Crippen MR) is 131 cm³/mol. The molecule has 1 aliphatic heterocycles. The Labute approximate surface area is 211 Å². The first kappa shape index (κ1) is 24.7. The van der Waals surface area contributed by atoms with E-state index in [-0.39, 0.29) is 19.1 Å². The molecule has 0 bridgehead atoms. The zero-order chi connectivity index (χ0) is 25.8. The van der Waals surface area contributed by atoms with Gasteiger partial charge in [0, 0.05) is 42.6 Å². The molecule has 1 saturated heterocycles. The van der Waals surface area contributed by atoms with Gasteiger partial charge in [-0.25, -0.2) is 14.8 Å². The monoisotopic (exact) mass is 521 g/mol. The van der Waals surface area contributed by atoms with Crippen LogP contribution in [0.2, 0.25) is 5.02 Å². The maximum atomic E-state index is 13.2. The minimum Gasteiger partial charge on any atom is -0.434 e. The molecule has 11 heteroatoms. The number of benzene rings is 1. The molecule has 2 aromatic heterocycles. The van der Waals surface area contributed by atoms with Crippen molar-refractivity contribution in [2.24, 2.45) is 0 Å². The van der Waals surface area contributed by atoms with Crippen molar-refractivity contribution in [3.63, 3.8) is 0 Å². The van der Waals surface area contributed by atoms with Gasteiger partial charge in [-0.05, 0) is 69.4 Å². The van der Waals surface area contributed by atoms with Crippen molar-refractivity contribution in [2.45, 2.75) is 57.3 Å². The number of aromatic nitrogens is 3. The fourth-order valence-corrected chi connectivity index (χ4v) is 4.70. The molecule has 1 aliphatic carbocycles. The molecule has 0 unspecified atom stereocenters. The lowest BCUT2D eigenvalue weighted by molar-refractivity contribution is -0.246. The number of anilines is 1. The van der Waals surface area contributed by atoms with Crippen LogP contribution in [-0.2, 0) is 4.74 Å². The lowest BCUT2D eigenvalue weighted by Gasteiger charge is -2.41. The number of fused-ring (bicyclic) bond motifs is 1. The number of alkyl halides is 3. The molecule has 0 N–H and O–H groups in total. The van der Waals surface area contributed by atoms with Crippen LogP contribution in [0.1, 0.15) is 45.1 Å². The number of rotatable bonds is 4. The molecule has 7 nitrogen and oxygen atoms in total. The second-order valence-corrected chi connectivity index (χ2v) is 10.4. The van der Waals surface area contributed by atoms with Crippen LogP contribution in [0.3, 0.4) is 0 Å². The number of halogens is 4. The van der Waals surface area contributed by atoms with Crippen LogP contribution in [0.15, 0.2) is 36.8 Å². The van der Waals surface area contributed by atoms with Crippen molar-refractivity contribution < 1.29 is 22.7 Å². The van der Waals surface area contributed by atoms with Gasteiger partial charge in [0.15, 0.2) is 0 Å². The van der Waals surface area contributed by atoms with E-state index in [1.165, 1.54) is 16.8 Å². The van der Waals surface area contributed by atoms with Crippen molar-refractivity contribution in [2.75, 3.05) is 24.5 Å². The van der Waals surface area contributed by atoms with Crippen molar-refractivity contribution in [3.05, 3.63) is 47.4 Å². The van der Waals surface area contributed by atoms with Crippen LogP contribution in [0.4, 0.5) is 23.8 Å². The SMILES string of the molecule is C[C@H]1CN(C(=O)OC(C)(C)C(F)(F)F)CCN1c1ncnc2c1c(C1CC1)cn2-c1ccc(Cl)cc1. The number of hydrogen-bond donors (Lipinski definition) is 0. The smallest absolute Gasteiger partial charge is 0.427 e. The van der Waals surface area contributed by atoms with Crippen molar-refractivity contribution in [1.29, 1.82) is 0 Å². The molecule has 1 atom stereocenters. The van der Waals surface area contributed by atoms with Gasteiger partial charge in [-0.3, -0.25) is 0 Å². The quantitative estimate of drug-likeness (QED) is 0.425. The first-order valence-electron chi connectivity index (χ1n) is 11.9. The van der Waals surface area contributed by atoms with E-state index >= 15 is 0 Å². The third kappa shape index (κ3) is 4.47. The Morgan fingerprint density at radius 3 is 2.42 bits per heavy atom. The zero-order valence-electron chi connectivity index (χ0n) is 20.2. The third-order valence-electron chi connectivity index (χ3n) is 6.90. The Kier molecular flexibility index (Phi) is 6.05. The fourth-order valence-electron chi connectivity index (χ4n) is 4.57. The molecule has 3 heterocycles. The number of carbonyl (C=O) groups is 1. The first-order valence-corrected chi connectivity index (χ1v) is 12.3. The number of ether oxygens (including phenoxy) is 1. The maximum absolute atomic E-state index is 13.2. The van der Waals surface area contributed by atoms with Crippen LogP contribution in [0, 0.1) is 0 Å². The minimum atomic E-state index is -4.65. The highest BCUT2D eigenvalue weighted by molar-refractivity contribution is 6.30. The van der Waals surface area contributed by atoms with E-state index < -0.39 is 17.9 Å². The summed E-state index contributed by atoms with van der Waals surface area (Å²) in [5, 5.41) is 1.62. The van der Waals surface area contributed by atoms with Gasteiger partial charge in [0.05, 0.1) is 5.39 Å². The van der Waals surface area contributed by atoms with Crippen molar-refractivity contribution in [1.82, 2.24) is 19.4 Å². The van der Waals surface area contributed by atoms with Gasteiger partial charge in [0.25, 0.3) is 0 Å². The number of amides is 1. The molecule has 2 aliphatic rings. The molecule has 1 amide bonds. The summed E-state index contributed by atoms with van der Waals surface area (Å²) < 4.78 is 46.5. The molecule has 1 saturated carbocycles. The van der Waals surface area contributed by atoms with E-state index in [1.807, 2.05) is 35.8 Å². The van der Waals surface area contributed by atoms with Crippen molar-refractivity contribution >= 4 is 34.5 Å². The fraction of sp³-hybridized carbons (Fsp3) is 0.480. The molecule has 3 aromatic rings. The summed E-state index contributed by atoms with van der Waals surface area (Å²) in [7, 11) is 0. The molecule has 192 valence electrons. The van der Waals surface area contributed by atoms with E-state index in [9.17, 15) is 18.0 Å². The van der Waals surface area contributed by atoms with Crippen LogP contribution in [0.25, 0.3) is 16.7 Å². The molecular weight excluding hydrogens is 495 g/mol. The largest absolute Gasteiger partial charge is 0.434 e. The summed E-state index contributed by atoms with van der Waals surface area (Å²) in [5.74, 6) is 1.20. The zero-order valence-corrected chi connectivity index (χ0v) is 21.0. The molecule has 1 aromatic carbocycles. The molecule has 0 radical (unpaired) electrons. The van der Waals surface area contributed by atoms with Crippen LogP contribution < -0.4 is 4.90 Å². The highest BCUT2D eigenvalue weighted by atomic mass is 35.5. The van der Waals surface area contributed by atoms with Crippen LogP contribution in [0.5, 0.6) is 0 Å². The van der Waals surface area contributed by atoms with Gasteiger partial charge >= 0.3 is 12.3 Å². The van der Waals surface area contributed by atoms with E-state index in [4.69, 9.17) is 16.3 Å². The third-order valence-corrected chi connectivity index (χ3v) is 7.15. The van der Waals surface area contributed by atoms with E-state index in [0.29, 0.717) is 17.5 Å². The summed E-state index contributed by atoms with van der Waals surface area (Å²) in [6.45, 7) is 4.48. The summed E-state index contributed by atoms with van der Waals surface area (Å²) in [6, 6.07) is 7.36. The van der Waals surface area contributed by atoms with Gasteiger partial charge in [-0.1, -0.05) is 11.6 Å². The van der Waals surface area contributed by atoms with E-state index in [0.717, 1.165) is 49.2 Å². The molecule has 0 spiro atoms. The van der Waals surface area contributed by atoms with Gasteiger partial charge < -0.3 is 19.1 Å². The van der Waals surface area contributed by atoms with Crippen molar-refractivity contribution in [3.8, 4) is 5.69 Å². The topological polar surface area (TPSA) is 63.5 Å². The number of nitrogens with zero attached hydrogens (tertiary/aromatic N) is 5. The minimum absolute atomic E-state index is 0.190. The lowest BCUT2D eigenvalue weighted by Crippen LogP contribution is -2.56. The Balaban J connectivity index is 1.44. The maximum Gasteiger partial charge on any atom is 0.427 e. The van der Waals surface area contributed by atoms with Gasteiger partial charge in [0.1, 0.15) is 17.8 Å². The number of carbonyl (C=O) groups excluding carboxylic acids is 1. The average molecular weight is 522 g/mol.